The monoisotopic (exact) mass is 308 g/mol. The van der Waals surface area contributed by atoms with Crippen molar-refractivity contribution >= 4 is 44.0 Å². The van der Waals surface area contributed by atoms with E-state index in [9.17, 15) is 4.39 Å². The van der Waals surface area contributed by atoms with Crippen molar-refractivity contribution in [3.05, 3.63) is 27.6 Å². The minimum Gasteiger partial charge on any atom is -0.487 e. The first kappa shape index (κ1) is 9.21. The molecule has 0 saturated carbocycles. The standard InChI is InChI=1S/C9H6FIOS/c1-12-9-3-5-2-7(11)6(10)4-8(5)13-9/h2-4H,1H3. The third kappa shape index (κ3) is 1.65. The second-order valence-corrected chi connectivity index (χ2v) is 4.78. The molecule has 0 atom stereocenters. The highest BCUT2D eigenvalue weighted by molar-refractivity contribution is 14.1. The van der Waals surface area contributed by atoms with Gasteiger partial charge in [0.25, 0.3) is 0 Å². The first-order chi connectivity index (χ1) is 6.20. The molecule has 0 unspecified atom stereocenters. The van der Waals surface area contributed by atoms with Crippen LogP contribution in [0.15, 0.2) is 18.2 Å². The van der Waals surface area contributed by atoms with Gasteiger partial charge in [-0.1, -0.05) is 11.3 Å². The van der Waals surface area contributed by atoms with E-state index in [2.05, 4.69) is 0 Å². The first-order valence-electron chi connectivity index (χ1n) is 3.63. The molecule has 0 aliphatic carbocycles. The molecule has 1 aromatic carbocycles. The Hall–Kier alpha value is -0.360. The van der Waals surface area contributed by atoms with Crippen molar-refractivity contribution in [1.29, 1.82) is 0 Å². The Kier molecular flexibility index (Phi) is 2.42. The highest BCUT2D eigenvalue weighted by Gasteiger charge is 2.05. The van der Waals surface area contributed by atoms with Gasteiger partial charge in [0, 0.05) is 8.27 Å². The van der Waals surface area contributed by atoms with Crippen molar-refractivity contribution < 1.29 is 9.13 Å². The second-order valence-electron chi connectivity index (χ2n) is 2.57. The quantitative estimate of drug-likeness (QED) is 0.731. The van der Waals surface area contributed by atoms with Gasteiger partial charge in [0.05, 0.1) is 7.11 Å². The lowest BCUT2D eigenvalue weighted by molar-refractivity contribution is 0.427. The van der Waals surface area contributed by atoms with E-state index in [-0.39, 0.29) is 5.82 Å². The molecular formula is C9H6FIOS. The van der Waals surface area contributed by atoms with Crippen LogP contribution in [0.5, 0.6) is 5.06 Å². The summed E-state index contributed by atoms with van der Waals surface area (Å²) in [7, 11) is 1.62. The average molecular weight is 308 g/mol. The fourth-order valence-corrected chi connectivity index (χ4v) is 2.49. The van der Waals surface area contributed by atoms with Crippen LogP contribution in [-0.2, 0) is 0 Å². The Bertz CT molecular complexity index is 413. The SMILES string of the molecule is COc1cc2cc(I)c(F)cc2s1. The molecule has 1 nitrogen and oxygen atoms in total. The molecule has 1 aromatic heterocycles. The van der Waals surface area contributed by atoms with Crippen molar-refractivity contribution in [3.8, 4) is 5.06 Å². The van der Waals surface area contributed by atoms with Gasteiger partial charge >= 0.3 is 0 Å². The molecular weight excluding hydrogens is 302 g/mol. The number of rotatable bonds is 1. The molecule has 1 heterocycles. The smallest absolute Gasteiger partial charge is 0.174 e. The zero-order chi connectivity index (χ0) is 9.42. The molecule has 2 aromatic rings. The van der Waals surface area contributed by atoms with E-state index in [0.717, 1.165) is 15.1 Å². The molecule has 0 radical (unpaired) electrons. The molecule has 68 valence electrons. The normalized spacial score (nSPS) is 10.7. The number of fused-ring (bicyclic) bond motifs is 1. The van der Waals surface area contributed by atoms with Crippen LogP contribution in [-0.4, -0.2) is 7.11 Å². The minimum atomic E-state index is -0.169. The van der Waals surface area contributed by atoms with Gasteiger partial charge in [0.2, 0.25) is 0 Å². The van der Waals surface area contributed by atoms with Gasteiger partial charge in [0.1, 0.15) is 5.82 Å². The van der Waals surface area contributed by atoms with E-state index in [0.29, 0.717) is 3.57 Å². The summed E-state index contributed by atoms with van der Waals surface area (Å²) in [4.78, 5) is 0. The van der Waals surface area contributed by atoms with Crippen LogP contribution in [0.25, 0.3) is 10.1 Å². The van der Waals surface area contributed by atoms with Gasteiger partial charge in [-0.3, -0.25) is 0 Å². The Balaban J connectivity index is 2.70. The Morgan fingerprint density at radius 1 is 1.38 bits per heavy atom. The molecule has 0 amide bonds. The van der Waals surface area contributed by atoms with E-state index >= 15 is 0 Å². The maximum absolute atomic E-state index is 13.1. The lowest BCUT2D eigenvalue weighted by Gasteiger charge is -1.92. The van der Waals surface area contributed by atoms with Crippen molar-refractivity contribution in [1.82, 2.24) is 0 Å². The van der Waals surface area contributed by atoms with Crippen LogP contribution < -0.4 is 4.74 Å². The van der Waals surface area contributed by atoms with E-state index < -0.39 is 0 Å². The molecule has 13 heavy (non-hydrogen) atoms. The Morgan fingerprint density at radius 3 is 2.85 bits per heavy atom. The number of hydrogen-bond acceptors (Lipinski definition) is 2. The molecule has 0 N–H and O–H groups in total. The fraction of sp³-hybridized carbons (Fsp3) is 0.111. The van der Waals surface area contributed by atoms with E-state index in [1.807, 2.05) is 34.7 Å². The molecule has 0 saturated heterocycles. The maximum Gasteiger partial charge on any atom is 0.174 e. The van der Waals surface area contributed by atoms with Crippen LogP contribution in [0.2, 0.25) is 0 Å². The summed E-state index contributed by atoms with van der Waals surface area (Å²) in [5, 5.41) is 1.85. The maximum atomic E-state index is 13.1. The Morgan fingerprint density at radius 2 is 2.15 bits per heavy atom. The number of methoxy groups -OCH3 is 1. The predicted octanol–water partition coefficient (Wildman–Crippen LogP) is 3.65. The summed E-state index contributed by atoms with van der Waals surface area (Å²) in [6, 6.07) is 5.29. The molecule has 4 heteroatoms. The predicted molar refractivity (Wildman–Crippen MR) is 61.1 cm³/mol. The van der Waals surface area contributed by atoms with Crippen LogP contribution in [0.4, 0.5) is 4.39 Å². The third-order valence-electron chi connectivity index (χ3n) is 1.74. The minimum absolute atomic E-state index is 0.169. The molecule has 2 rings (SSSR count). The Labute approximate surface area is 92.7 Å². The lowest BCUT2D eigenvalue weighted by atomic mass is 10.2. The largest absolute Gasteiger partial charge is 0.487 e. The van der Waals surface area contributed by atoms with E-state index in [1.54, 1.807) is 13.2 Å². The van der Waals surface area contributed by atoms with Crippen molar-refractivity contribution in [3.63, 3.8) is 0 Å². The third-order valence-corrected chi connectivity index (χ3v) is 3.62. The lowest BCUT2D eigenvalue weighted by Crippen LogP contribution is -1.78. The molecule has 0 aliphatic rings. The zero-order valence-corrected chi connectivity index (χ0v) is 9.78. The van der Waals surface area contributed by atoms with Gasteiger partial charge in [-0.05, 0) is 46.2 Å². The van der Waals surface area contributed by atoms with Gasteiger partial charge in [-0.2, -0.15) is 0 Å². The van der Waals surface area contributed by atoms with Gasteiger partial charge in [-0.25, -0.2) is 4.39 Å². The summed E-state index contributed by atoms with van der Waals surface area (Å²) < 4.78 is 19.8. The fourth-order valence-electron chi connectivity index (χ4n) is 1.11. The van der Waals surface area contributed by atoms with E-state index in [4.69, 9.17) is 4.74 Å². The summed E-state index contributed by atoms with van der Waals surface area (Å²) in [5.41, 5.74) is 0. The number of hydrogen-bond donors (Lipinski definition) is 0. The van der Waals surface area contributed by atoms with Crippen LogP contribution in [0.3, 0.4) is 0 Å². The summed E-state index contributed by atoms with van der Waals surface area (Å²) in [6.07, 6.45) is 0. The zero-order valence-electron chi connectivity index (χ0n) is 6.80. The van der Waals surface area contributed by atoms with E-state index in [1.165, 1.54) is 11.3 Å². The topological polar surface area (TPSA) is 9.23 Å². The van der Waals surface area contributed by atoms with Gasteiger partial charge < -0.3 is 4.74 Å². The van der Waals surface area contributed by atoms with Crippen LogP contribution >= 0.6 is 33.9 Å². The summed E-state index contributed by atoms with van der Waals surface area (Å²) >= 11 is 3.44. The van der Waals surface area contributed by atoms with Crippen molar-refractivity contribution in [2.45, 2.75) is 0 Å². The molecule has 0 fully saturated rings. The summed E-state index contributed by atoms with van der Waals surface area (Å²) in [6.45, 7) is 0. The van der Waals surface area contributed by atoms with Crippen LogP contribution in [0, 0.1) is 9.39 Å². The van der Waals surface area contributed by atoms with Gasteiger partial charge in [0.15, 0.2) is 5.06 Å². The first-order valence-corrected chi connectivity index (χ1v) is 5.53. The van der Waals surface area contributed by atoms with Gasteiger partial charge in [-0.15, -0.1) is 0 Å². The second kappa shape index (κ2) is 3.42. The highest BCUT2D eigenvalue weighted by Crippen LogP contribution is 2.33. The molecule has 0 aliphatic heterocycles. The number of benzene rings is 1. The van der Waals surface area contributed by atoms with Crippen molar-refractivity contribution in [2.75, 3.05) is 7.11 Å². The number of thiophene rings is 1. The van der Waals surface area contributed by atoms with Crippen LogP contribution in [0.1, 0.15) is 0 Å². The molecule has 0 bridgehead atoms. The van der Waals surface area contributed by atoms with Crippen molar-refractivity contribution in [2.24, 2.45) is 0 Å². The highest BCUT2D eigenvalue weighted by atomic mass is 127. The summed E-state index contributed by atoms with van der Waals surface area (Å²) in [5.74, 6) is -0.169. The number of halogens is 2. The molecule has 0 spiro atoms. The average Bonchev–Trinajstić information content (AvgIpc) is 2.48. The number of ether oxygens (including phenoxy) is 1.